The number of para-hydroxylation sites is 2. The quantitative estimate of drug-likeness (QED) is 0.753. The molecule has 7 heteroatoms. The van der Waals surface area contributed by atoms with Crippen molar-refractivity contribution < 1.29 is 13.3 Å². The number of rotatable bonds is 6. The number of aromatic amines is 1. The lowest BCUT2D eigenvalue weighted by molar-refractivity contribution is 0.271. The summed E-state index contributed by atoms with van der Waals surface area (Å²) in [5.74, 6) is 0.785. The number of nitrogens with one attached hydrogen (secondary N) is 1. The van der Waals surface area contributed by atoms with Crippen LogP contribution >= 0.6 is 0 Å². The monoisotopic (exact) mass is 333 g/mol. The molecule has 0 radical (unpaired) electrons. The molecule has 3 rings (SSSR count). The second kappa shape index (κ2) is 6.87. The van der Waals surface area contributed by atoms with E-state index in [1.807, 2.05) is 31.2 Å². The van der Waals surface area contributed by atoms with Crippen LogP contribution in [0.1, 0.15) is 11.3 Å². The van der Waals surface area contributed by atoms with Crippen molar-refractivity contribution in [1.82, 2.24) is 15.0 Å². The van der Waals surface area contributed by atoms with Gasteiger partial charge in [0, 0.05) is 11.8 Å². The van der Waals surface area contributed by atoms with E-state index < -0.39 is 17.5 Å². The van der Waals surface area contributed by atoms with E-state index in [4.69, 9.17) is 4.74 Å². The summed E-state index contributed by atoms with van der Waals surface area (Å²) >= 11 is 0. The predicted octanol–water partition coefficient (Wildman–Crippen LogP) is 2.92. The van der Waals surface area contributed by atoms with Crippen molar-refractivity contribution in [1.29, 1.82) is 0 Å². The van der Waals surface area contributed by atoms with Crippen LogP contribution in [-0.4, -0.2) is 32.4 Å². The van der Waals surface area contributed by atoms with Crippen LogP contribution in [0.2, 0.25) is 0 Å². The van der Waals surface area contributed by atoms with Crippen molar-refractivity contribution in [3.63, 3.8) is 0 Å². The third-order valence-electron chi connectivity index (χ3n) is 3.44. The Bertz CT molecular complexity index is 817. The number of fused-ring (bicyclic) bond motifs is 1. The lowest BCUT2D eigenvalue weighted by Crippen LogP contribution is -2.06. The maximum Gasteiger partial charge on any atom is 0.197 e. The van der Waals surface area contributed by atoms with Crippen molar-refractivity contribution in [3.8, 4) is 5.75 Å². The summed E-state index contributed by atoms with van der Waals surface area (Å²) in [6.07, 6.45) is 1.58. The normalized spacial score (nSPS) is 12.4. The van der Waals surface area contributed by atoms with E-state index in [0.29, 0.717) is 16.6 Å². The Hall–Kier alpha value is -2.28. The lowest BCUT2D eigenvalue weighted by atomic mass is 10.2. The minimum absolute atomic E-state index is 0.00302. The highest BCUT2D eigenvalue weighted by atomic mass is 32.2. The van der Waals surface area contributed by atoms with Crippen LogP contribution in [-0.2, 0) is 16.6 Å². The molecule has 0 aliphatic rings. The molecule has 1 aromatic carbocycles. The first-order valence-electron chi connectivity index (χ1n) is 7.15. The fourth-order valence-electron chi connectivity index (χ4n) is 2.24. The van der Waals surface area contributed by atoms with Crippen molar-refractivity contribution in [2.45, 2.75) is 17.8 Å². The fourth-order valence-corrected chi connectivity index (χ4v) is 3.34. The van der Waals surface area contributed by atoms with Gasteiger partial charge in [0.2, 0.25) is 0 Å². The van der Waals surface area contributed by atoms with Gasteiger partial charge < -0.3 is 9.72 Å². The predicted molar refractivity (Wildman–Crippen MR) is 86.7 cm³/mol. The Balaban J connectivity index is 1.82. The van der Waals surface area contributed by atoms with Gasteiger partial charge in [-0.15, -0.1) is 0 Å². The van der Waals surface area contributed by atoms with Crippen molar-refractivity contribution in [3.05, 3.63) is 47.8 Å². The molecular formula is C16H16FN3O2S. The number of alkyl halides is 1. The highest BCUT2D eigenvalue weighted by Gasteiger charge is 2.14. The van der Waals surface area contributed by atoms with Gasteiger partial charge >= 0.3 is 0 Å². The summed E-state index contributed by atoms with van der Waals surface area (Å²) in [5, 5.41) is 0.419. The van der Waals surface area contributed by atoms with Gasteiger partial charge in [0.05, 0.1) is 33.3 Å². The molecule has 0 spiro atoms. The molecule has 2 heterocycles. The number of aromatic nitrogens is 3. The second-order valence-corrected chi connectivity index (χ2v) is 6.33. The van der Waals surface area contributed by atoms with Crippen LogP contribution in [0.15, 0.2) is 41.7 Å². The Kier molecular flexibility index (Phi) is 4.66. The van der Waals surface area contributed by atoms with E-state index >= 15 is 0 Å². The molecule has 0 aliphatic carbocycles. The van der Waals surface area contributed by atoms with Crippen molar-refractivity contribution in [2.75, 3.05) is 13.3 Å². The summed E-state index contributed by atoms with van der Waals surface area (Å²) in [5.41, 5.74) is 3.05. The van der Waals surface area contributed by atoms with Crippen LogP contribution in [0, 0.1) is 6.92 Å². The first-order valence-corrected chi connectivity index (χ1v) is 8.47. The number of pyridine rings is 1. The van der Waals surface area contributed by atoms with Crippen LogP contribution < -0.4 is 4.74 Å². The maximum atomic E-state index is 12.5. The number of nitrogens with zero attached hydrogens (tertiary/aromatic N) is 2. The van der Waals surface area contributed by atoms with Gasteiger partial charge in [0.15, 0.2) is 5.16 Å². The number of H-pyrrole nitrogens is 1. The molecule has 0 bridgehead atoms. The molecule has 23 heavy (non-hydrogen) atoms. The topological polar surface area (TPSA) is 67.9 Å². The van der Waals surface area contributed by atoms with Gasteiger partial charge in [0.25, 0.3) is 0 Å². The third-order valence-corrected chi connectivity index (χ3v) is 4.60. The highest BCUT2D eigenvalue weighted by molar-refractivity contribution is 7.84. The Morgan fingerprint density at radius 3 is 2.91 bits per heavy atom. The number of hydrogen-bond donors (Lipinski definition) is 1. The zero-order valence-electron chi connectivity index (χ0n) is 12.6. The third kappa shape index (κ3) is 3.39. The summed E-state index contributed by atoms with van der Waals surface area (Å²) < 4.78 is 30.1. The zero-order chi connectivity index (χ0) is 16.2. The van der Waals surface area contributed by atoms with Crippen LogP contribution in [0.25, 0.3) is 11.0 Å². The molecule has 2 aromatic heterocycles. The van der Waals surface area contributed by atoms with Gasteiger partial charge in [-0.3, -0.25) is 9.19 Å². The van der Waals surface area contributed by atoms with Crippen molar-refractivity contribution >= 4 is 21.8 Å². The first kappa shape index (κ1) is 15.6. The van der Waals surface area contributed by atoms with Crippen LogP contribution in [0.3, 0.4) is 0 Å². The van der Waals surface area contributed by atoms with Gasteiger partial charge in [-0.2, -0.15) is 0 Å². The van der Waals surface area contributed by atoms with E-state index in [-0.39, 0.29) is 12.4 Å². The average Bonchev–Trinajstić information content (AvgIpc) is 3.00. The molecule has 1 unspecified atom stereocenters. The highest BCUT2D eigenvalue weighted by Crippen LogP contribution is 2.22. The van der Waals surface area contributed by atoms with E-state index in [9.17, 15) is 8.60 Å². The largest absolute Gasteiger partial charge is 0.490 e. The number of hydrogen-bond acceptors (Lipinski definition) is 4. The molecule has 0 saturated carbocycles. The van der Waals surface area contributed by atoms with Crippen LogP contribution in [0.5, 0.6) is 5.75 Å². The molecule has 0 fully saturated rings. The van der Waals surface area contributed by atoms with E-state index in [1.54, 1.807) is 12.3 Å². The second-order valence-electron chi connectivity index (χ2n) is 4.97. The summed E-state index contributed by atoms with van der Waals surface area (Å²) in [6.45, 7) is 1.27. The molecule has 0 aliphatic heterocycles. The van der Waals surface area contributed by atoms with Crippen molar-refractivity contribution in [2.24, 2.45) is 0 Å². The number of ether oxygens (including phenoxy) is 1. The van der Waals surface area contributed by atoms with E-state index in [0.717, 1.165) is 16.6 Å². The smallest absolute Gasteiger partial charge is 0.197 e. The fraction of sp³-hybridized carbons (Fsp3) is 0.250. The molecule has 0 saturated heterocycles. The molecular weight excluding hydrogens is 317 g/mol. The minimum atomic E-state index is -1.35. The van der Waals surface area contributed by atoms with E-state index in [2.05, 4.69) is 15.0 Å². The number of halogens is 1. The molecule has 1 atom stereocenters. The summed E-state index contributed by atoms with van der Waals surface area (Å²) in [6, 6.07) is 9.20. The lowest BCUT2D eigenvalue weighted by Gasteiger charge is -2.10. The molecule has 1 N–H and O–H groups in total. The minimum Gasteiger partial charge on any atom is -0.490 e. The maximum absolute atomic E-state index is 12.5. The Morgan fingerprint density at radius 1 is 1.30 bits per heavy atom. The molecule has 0 amide bonds. The Morgan fingerprint density at radius 2 is 2.13 bits per heavy atom. The summed E-state index contributed by atoms with van der Waals surface area (Å²) in [7, 11) is -1.35. The average molecular weight is 333 g/mol. The zero-order valence-corrected chi connectivity index (χ0v) is 13.4. The van der Waals surface area contributed by atoms with Gasteiger partial charge in [-0.25, -0.2) is 9.37 Å². The number of imidazole rings is 1. The SMILES string of the molecule is Cc1c(OCCF)ccnc1CS(=O)c1nc2ccccc2[nH]1. The molecule has 5 nitrogen and oxygen atoms in total. The standard InChI is InChI=1S/C16H16FN3O2S/c1-11-14(18-8-6-15(11)22-9-7-17)10-23(21)16-19-12-4-2-3-5-13(12)20-16/h2-6,8H,7,9-10H2,1H3,(H,19,20). The van der Waals surface area contributed by atoms with E-state index in [1.165, 1.54) is 0 Å². The molecule has 120 valence electrons. The Labute approximate surface area is 135 Å². The number of benzene rings is 1. The van der Waals surface area contributed by atoms with Gasteiger partial charge in [0.1, 0.15) is 19.0 Å². The molecule has 3 aromatic rings. The van der Waals surface area contributed by atoms with Gasteiger partial charge in [-0.05, 0) is 25.1 Å². The first-order chi connectivity index (χ1) is 11.2. The summed E-state index contributed by atoms with van der Waals surface area (Å²) in [4.78, 5) is 11.7. The van der Waals surface area contributed by atoms with Gasteiger partial charge in [-0.1, -0.05) is 12.1 Å². The van der Waals surface area contributed by atoms with Crippen LogP contribution in [0.4, 0.5) is 4.39 Å².